The van der Waals surface area contributed by atoms with Gasteiger partial charge in [-0.15, -0.1) is 11.8 Å². The number of amides is 1. The third-order valence-electron chi connectivity index (χ3n) is 3.78. The summed E-state index contributed by atoms with van der Waals surface area (Å²) in [5.41, 5.74) is 0.906. The van der Waals surface area contributed by atoms with Crippen LogP contribution in [0, 0.1) is 10.1 Å². The molecule has 0 spiro atoms. The summed E-state index contributed by atoms with van der Waals surface area (Å²) < 4.78 is 0.323. The molecule has 0 unspecified atom stereocenters. The van der Waals surface area contributed by atoms with Crippen LogP contribution in [0.2, 0.25) is 10.0 Å². The fourth-order valence-electron chi connectivity index (χ4n) is 2.51. The molecule has 1 N–H and O–H groups in total. The van der Waals surface area contributed by atoms with Crippen molar-refractivity contribution in [3.05, 3.63) is 67.0 Å². The molecule has 0 bridgehead atoms. The van der Waals surface area contributed by atoms with Gasteiger partial charge < -0.3 is 5.11 Å². The maximum absolute atomic E-state index is 12.9. The second-order valence-electron chi connectivity index (χ2n) is 5.67. The van der Waals surface area contributed by atoms with Crippen molar-refractivity contribution >= 4 is 86.6 Å². The van der Waals surface area contributed by atoms with Gasteiger partial charge in [-0.3, -0.25) is 19.8 Å². The van der Waals surface area contributed by atoms with E-state index in [1.54, 1.807) is 36.4 Å². The van der Waals surface area contributed by atoms with E-state index in [2.05, 4.69) is 0 Å². The maximum atomic E-state index is 12.9. The number of halogens is 2. The van der Waals surface area contributed by atoms with E-state index in [9.17, 15) is 14.9 Å². The molecule has 1 amide bonds. The van der Waals surface area contributed by atoms with Crippen molar-refractivity contribution in [1.82, 2.24) is 0 Å². The highest BCUT2D eigenvalue weighted by Gasteiger charge is 2.33. The van der Waals surface area contributed by atoms with Crippen LogP contribution in [0.1, 0.15) is 5.56 Å². The number of nitrogens with zero attached hydrogens (tertiary/aromatic N) is 2. The molecule has 0 saturated carbocycles. The van der Waals surface area contributed by atoms with Crippen LogP contribution in [-0.2, 0) is 4.79 Å². The van der Waals surface area contributed by atoms with Crippen LogP contribution in [0.5, 0.6) is 0 Å². The van der Waals surface area contributed by atoms with Crippen LogP contribution < -0.4 is 4.90 Å². The Morgan fingerprint density at radius 3 is 2.66 bits per heavy atom. The average molecular weight is 487 g/mol. The lowest BCUT2D eigenvalue weighted by atomic mass is 10.2. The Kier molecular flexibility index (Phi) is 7.20. The zero-order chi connectivity index (χ0) is 21.1. The molecule has 1 aliphatic rings. The highest BCUT2D eigenvalue weighted by Crippen LogP contribution is 2.38. The average Bonchev–Trinajstić information content (AvgIpc) is 2.96. The molecule has 1 aliphatic heterocycles. The Morgan fingerprint density at radius 2 is 2.00 bits per heavy atom. The summed E-state index contributed by atoms with van der Waals surface area (Å²) in [5.74, 6) is 0.00227. The number of carbonyl (C=O) groups excluding carboxylic acids is 1. The van der Waals surface area contributed by atoms with E-state index in [1.165, 1.54) is 22.7 Å². The molecule has 0 aliphatic carbocycles. The fourth-order valence-corrected chi connectivity index (χ4v) is 4.86. The highest BCUT2D eigenvalue weighted by molar-refractivity contribution is 8.27. The van der Waals surface area contributed by atoms with E-state index in [0.717, 1.165) is 11.8 Å². The van der Waals surface area contributed by atoms with Crippen LogP contribution in [-0.4, -0.2) is 32.6 Å². The van der Waals surface area contributed by atoms with Crippen LogP contribution in [0.3, 0.4) is 0 Å². The number of carbonyl (C=O) groups is 1. The molecule has 2 aromatic carbocycles. The molecule has 6 nitrogen and oxygen atoms in total. The summed E-state index contributed by atoms with van der Waals surface area (Å²) in [6, 6.07) is 9.44. The van der Waals surface area contributed by atoms with E-state index in [-0.39, 0.29) is 18.2 Å². The number of anilines is 1. The monoisotopic (exact) mass is 486 g/mol. The van der Waals surface area contributed by atoms with Gasteiger partial charge in [0, 0.05) is 11.8 Å². The third-order valence-corrected chi connectivity index (χ3v) is 6.87. The minimum atomic E-state index is -0.488. The first-order chi connectivity index (χ1) is 13.8. The quantitative estimate of drug-likeness (QED) is 0.192. The van der Waals surface area contributed by atoms with E-state index in [1.807, 2.05) is 0 Å². The van der Waals surface area contributed by atoms with Crippen molar-refractivity contribution in [2.75, 3.05) is 17.3 Å². The van der Waals surface area contributed by atoms with Crippen molar-refractivity contribution in [2.24, 2.45) is 0 Å². The Labute approximate surface area is 190 Å². The van der Waals surface area contributed by atoms with Gasteiger partial charge in [-0.25, -0.2) is 0 Å². The number of hydrogen-bond acceptors (Lipinski definition) is 7. The number of hydrogen-bond donors (Lipinski definition) is 1. The summed E-state index contributed by atoms with van der Waals surface area (Å²) >= 11 is 19.6. The maximum Gasteiger partial charge on any atom is 0.283 e. The zero-order valence-electron chi connectivity index (χ0n) is 14.5. The molecular formula is C18H12Cl2N2O4S3. The predicted octanol–water partition coefficient (Wildman–Crippen LogP) is 5.39. The molecule has 11 heteroatoms. The number of rotatable bonds is 6. The normalized spacial score (nSPS) is 15.4. The summed E-state index contributed by atoms with van der Waals surface area (Å²) in [7, 11) is 0. The molecule has 1 heterocycles. The van der Waals surface area contributed by atoms with Gasteiger partial charge in [0.1, 0.15) is 0 Å². The molecule has 1 fully saturated rings. The van der Waals surface area contributed by atoms with Gasteiger partial charge in [-0.05, 0) is 35.9 Å². The van der Waals surface area contributed by atoms with E-state index in [4.69, 9.17) is 40.5 Å². The first-order valence-corrected chi connectivity index (χ1v) is 11.0. The Balaban J connectivity index is 1.92. The molecule has 1 saturated heterocycles. The van der Waals surface area contributed by atoms with Crippen molar-refractivity contribution in [3.8, 4) is 0 Å². The van der Waals surface area contributed by atoms with Crippen LogP contribution in [0.25, 0.3) is 6.08 Å². The fraction of sp³-hybridized carbons (Fsp3) is 0.111. The van der Waals surface area contributed by atoms with Gasteiger partial charge in [0.2, 0.25) is 0 Å². The van der Waals surface area contributed by atoms with Gasteiger partial charge in [-0.2, -0.15) is 0 Å². The Hall–Kier alpha value is -1.62. The molecule has 0 radical (unpaired) electrons. The Bertz CT molecular complexity index is 1050. The number of aliphatic hydroxyl groups is 1. The van der Waals surface area contributed by atoms with Gasteiger partial charge in [-0.1, -0.05) is 53.2 Å². The molecule has 2 aromatic rings. The first-order valence-electron chi connectivity index (χ1n) is 8.07. The molecular weight excluding hydrogens is 475 g/mol. The second-order valence-corrected chi connectivity index (χ2v) is 9.30. The van der Waals surface area contributed by atoms with Gasteiger partial charge >= 0.3 is 0 Å². The molecule has 3 rings (SSSR count). The Morgan fingerprint density at radius 1 is 1.24 bits per heavy atom. The van der Waals surface area contributed by atoms with Crippen molar-refractivity contribution in [2.45, 2.75) is 4.90 Å². The lowest BCUT2D eigenvalue weighted by molar-refractivity contribution is -0.387. The largest absolute Gasteiger partial charge is 0.396 e. The summed E-state index contributed by atoms with van der Waals surface area (Å²) in [6.45, 7) is -0.0826. The van der Waals surface area contributed by atoms with Gasteiger partial charge in [0.25, 0.3) is 11.6 Å². The second kappa shape index (κ2) is 9.46. The smallest absolute Gasteiger partial charge is 0.283 e. The lowest BCUT2D eigenvalue weighted by Crippen LogP contribution is -2.27. The lowest BCUT2D eigenvalue weighted by Gasteiger charge is -2.15. The number of nitro benzene ring substituents is 1. The van der Waals surface area contributed by atoms with Crippen molar-refractivity contribution in [1.29, 1.82) is 0 Å². The van der Waals surface area contributed by atoms with Crippen LogP contribution in [0.4, 0.5) is 11.4 Å². The van der Waals surface area contributed by atoms with E-state index in [0.29, 0.717) is 41.2 Å². The zero-order valence-corrected chi connectivity index (χ0v) is 18.5. The molecule has 150 valence electrons. The SMILES string of the molecule is O=C1C(=Cc2ccc(SCCO)c([N+](=O)[O-])c2)SC(=S)N1c1ccc(Cl)c(Cl)c1. The summed E-state index contributed by atoms with van der Waals surface area (Å²) in [5, 5.41) is 21.0. The third kappa shape index (κ3) is 4.93. The first kappa shape index (κ1) is 22.1. The van der Waals surface area contributed by atoms with E-state index >= 15 is 0 Å². The molecule has 0 aromatic heterocycles. The summed E-state index contributed by atoms with van der Waals surface area (Å²) in [6.07, 6.45) is 1.56. The van der Waals surface area contributed by atoms with Gasteiger partial charge in [0.05, 0.1) is 37.1 Å². The molecule has 29 heavy (non-hydrogen) atoms. The number of nitro groups is 1. The van der Waals surface area contributed by atoms with Crippen LogP contribution in [0.15, 0.2) is 46.2 Å². The number of benzene rings is 2. The highest BCUT2D eigenvalue weighted by atomic mass is 35.5. The number of aliphatic hydroxyl groups excluding tert-OH is 1. The number of thioether (sulfide) groups is 2. The standard InChI is InChI=1S/C18H12Cl2N2O4S3/c19-12-3-2-11(9-13(12)20)21-17(24)16(29-18(21)27)8-10-1-4-15(28-6-5-23)14(7-10)22(25)26/h1-4,7-9,23H,5-6H2. The molecule has 0 atom stereocenters. The van der Waals surface area contributed by atoms with Crippen molar-refractivity contribution < 1.29 is 14.8 Å². The summed E-state index contributed by atoms with van der Waals surface area (Å²) in [4.78, 5) is 25.9. The van der Waals surface area contributed by atoms with Crippen LogP contribution >= 0.6 is 58.9 Å². The number of thiocarbonyl (C=S) groups is 1. The topological polar surface area (TPSA) is 83.7 Å². The van der Waals surface area contributed by atoms with E-state index < -0.39 is 4.92 Å². The van der Waals surface area contributed by atoms with Gasteiger partial charge in [0.15, 0.2) is 4.32 Å². The minimum absolute atomic E-state index is 0.0826. The van der Waals surface area contributed by atoms with Crippen molar-refractivity contribution in [3.63, 3.8) is 0 Å². The minimum Gasteiger partial charge on any atom is -0.396 e. The predicted molar refractivity (Wildman–Crippen MR) is 123 cm³/mol.